The second-order valence-corrected chi connectivity index (χ2v) is 4.47. The lowest BCUT2D eigenvalue weighted by Crippen LogP contribution is -2.55. The molecule has 0 radical (unpaired) electrons. The minimum Gasteiger partial charge on any atom is -0.323 e. The number of rotatable bonds is 2. The van der Waals surface area contributed by atoms with Gasteiger partial charge in [0.15, 0.2) is 0 Å². The highest BCUT2D eigenvalue weighted by atomic mass is 16.2. The first kappa shape index (κ1) is 11.1. The molecule has 0 aromatic heterocycles. The summed E-state index contributed by atoms with van der Waals surface area (Å²) in [5.41, 5.74) is -0.732. The van der Waals surface area contributed by atoms with E-state index >= 15 is 0 Å². The number of imide groups is 1. The van der Waals surface area contributed by atoms with Gasteiger partial charge in [-0.15, -0.1) is 0 Å². The maximum atomic E-state index is 11.6. The molecule has 0 atom stereocenters. The summed E-state index contributed by atoms with van der Waals surface area (Å²) < 4.78 is 0. The molecule has 6 heteroatoms. The summed E-state index contributed by atoms with van der Waals surface area (Å²) in [4.78, 5) is 35.6. The molecular weight excluding hydrogens is 210 g/mol. The van der Waals surface area contributed by atoms with Crippen molar-refractivity contribution in [1.29, 1.82) is 0 Å². The van der Waals surface area contributed by atoms with Crippen molar-refractivity contribution in [2.45, 2.75) is 25.3 Å². The number of nitrogens with zero attached hydrogens (tertiary/aromatic N) is 1. The van der Waals surface area contributed by atoms with Crippen molar-refractivity contribution in [3.05, 3.63) is 0 Å². The van der Waals surface area contributed by atoms with Gasteiger partial charge < -0.3 is 5.32 Å². The second kappa shape index (κ2) is 3.86. The van der Waals surface area contributed by atoms with E-state index in [2.05, 4.69) is 10.6 Å². The summed E-state index contributed by atoms with van der Waals surface area (Å²) in [6.45, 7) is 3.29. The van der Waals surface area contributed by atoms with Crippen molar-refractivity contribution in [2.75, 3.05) is 19.6 Å². The van der Waals surface area contributed by atoms with Crippen LogP contribution in [0.1, 0.15) is 19.8 Å². The lowest BCUT2D eigenvalue weighted by molar-refractivity contribution is -0.125. The van der Waals surface area contributed by atoms with E-state index in [1.807, 2.05) is 4.90 Å². The normalized spacial score (nSPS) is 24.3. The molecule has 3 amide bonds. The molecule has 88 valence electrons. The van der Waals surface area contributed by atoms with Crippen LogP contribution >= 0.6 is 0 Å². The average Bonchev–Trinajstić information content (AvgIpc) is 2.45. The molecule has 2 rings (SSSR count). The summed E-state index contributed by atoms with van der Waals surface area (Å²) in [6.07, 6.45) is 1.13. The van der Waals surface area contributed by atoms with Gasteiger partial charge in [-0.2, -0.15) is 0 Å². The zero-order valence-electron chi connectivity index (χ0n) is 9.21. The summed E-state index contributed by atoms with van der Waals surface area (Å²) >= 11 is 0. The van der Waals surface area contributed by atoms with Crippen LogP contribution in [0.25, 0.3) is 0 Å². The van der Waals surface area contributed by atoms with E-state index in [0.717, 1.165) is 0 Å². The Morgan fingerprint density at radius 2 is 2.00 bits per heavy atom. The molecule has 2 heterocycles. The number of hydrogen-bond donors (Lipinski definition) is 2. The van der Waals surface area contributed by atoms with Gasteiger partial charge in [0.1, 0.15) is 11.3 Å². The smallest absolute Gasteiger partial charge is 0.322 e. The molecule has 2 saturated heterocycles. The fourth-order valence-corrected chi connectivity index (χ4v) is 2.29. The number of urea groups is 1. The van der Waals surface area contributed by atoms with Gasteiger partial charge in [0.2, 0.25) is 0 Å². The first-order chi connectivity index (χ1) is 7.52. The topological polar surface area (TPSA) is 78.5 Å². The molecule has 2 aliphatic rings. The van der Waals surface area contributed by atoms with Crippen molar-refractivity contribution < 1.29 is 14.4 Å². The van der Waals surface area contributed by atoms with Crippen LogP contribution in [-0.4, -0.2) is 47.8 Å². The van der Waals surface area contributed by atoms with Crippen LogP contribution in [0.3, 0.4) is 0 Å². The van der Waals surface area contributed by atoms with Crippen molar-refractivity contribution in [2.24, 2.45) is 0 Å². The molecule has 2 aliphatic heterocycles. The third-order valence-electron chi connectivity index (χ3n) is 3.17. The van der Waals surface area contributed by atoms with E-state index in [1.165, 1.54) is 0 Å². The molecule has 2 N–H and O–H groups in total. The largest absolute Gasteiger partial charge is 0.323 e. The molecule has 16 heavy (non-hydrogen) atoms. The Labute approximate surface area is 93.4 Å². The van der Waals surface area contributed by atoms with Crippen molar-refractivity contribution in [3.63, 3.8) is 0 Å². The molecule has 0 saturated carbocycles. The Morgan fingerprint density at radius 1 is 1.38 bits per heavy atom. The van der Waals surface area contributed by atoms with Gasteiger partial charge in [0.05, 0.1) is 6.54 Å². The zero-order chi connectivity index (χ0) is 11.8. The lowest BCUT2D eigenvalue weighted by Gasteiger charge is -2.36. The van der Waals surface area contributed by atoms with Crippen molar-refractivity contribution in [1.82, 2.24) is 15.5 Å². The fraction of sp³-hybridized carbons (Fsp3) is 0.700. The van der Waals surface area contributed by atoms with Crippen LogP contribution in [0.4, 0.5) is 4.79 Å². The maximum absolute atomic E-state index is 11.6. The van der Waals surface area contributed by atoms with Crippen molar-refractivity contribution in [3.8, 4) is 0 Å². The van der Waals surface area contributed by atoms with E-state index in [1.54, 1.807) is 6.92 Å². The third-order valence-corrected chi connectivity index (χ3v) is 3.17. The highest BCUT2D eigenvalue weighted by Gasteiger charge is 2.47. The third kappa shape index (κ3) is 1.92. The Balaban J connectivity index is 1.96. The summed E-state index contributed by atoms with van der Waals surface area (Å²) in [6, 6.07) is -0.412. The second-order valence-electron chi connectivity index (χ2n) is 4.47. The maximum Gasteiger partial charge on any atom is 0.322 e. The molecule has 6 nitrogen and oxygen atoms in total. The van der Waals surface area contributed by atoms with Gasteiger partial charge in [-0.3, -0.25) is 19.8 Å². The van der Waals surface area contributed by atoms with Gasteiger partial charge in [-0.25, -0.2) is 4.79 Å². The van der Waals surface area contributed by atoms with Gasteiger partial charge in [-0.05, 0) is 19.8 Å². The number of carbonyl (C=O) groups is 3. The summed E-state index contributed by atoms with van der Waals surface area (Å²) in [5.74, 6) is -0.115. The highest BCUT2D eigenvalue weighted by molar-refractivity contribution is 6.07. The SMILES string of the molecule is CC(=O)CN1CCC2(CC1)NC(=O)NC2=O. The van der Waals surface area contributed by atoms with Gasteiger partial charge in [0, 0.05) is 13.1 Å². The number of amides is 3. The highest BCUT2D eigenvalue weighted by Crippen LogP contribution is 2.25. The van der Waals surface area contributed by atoms with Crippen LogP contribution in [0.5, 0.6) is 0 Å². The molecular formula is C10H15N3O3. The first-order valence-corrected chi connectivity index (χ1v) is 5.37. The Bertz CT molecular complexity index is 345. The van der Waals surface area contributed by atoms with Crippen LogP contribution < -0.4 is 10.6 Å². The molecule has 0 aromatic carbocycles. The first-order valence-electron chi connectivity index (χ1n) is 5.37. The van der Waals surface area contributed by atoms with E-state index in [0.29, 0.717) is 32.5 Å². The molecule has 2 fully saturated rings. The minimum absolute atomic E-state index is 0.121. The number of carbonyl (C=O) groups excluding carboxylic acids is 3. The van der Waals surface area contributed by atoms with E-state index in [-0.39, 0.29) is 11.7 Å². The number of ketones is 1. The van der Waals surface area contributed by atoms with Crippen LogP contribution in [-0.2, 0) is 9.59 Å². The number of likely N-dealkylation sites (tertiary alicyclic amines) is 1. The van der Waals surface area contributed by atoms with E-state index in [9.17, 15) is 14.4 Å². The molecule has 1 spiro atoms. The molecule has 0 bridgehead atoms. The number of nitrogens with one attached hydrogen (secondary N) is 2. The Morgan fingerprint density at radius 3 is 2.44 bits per heavy atom. The van der Waals surface area contributed by atoms with Gasteiger partial charge in [-0.1, -0.05) is 0 Å². The number of piperidine rings is 1. The average molecular weight is 225 g/mol. The molecule has 0 unspecified atom stereocenters. The van der Waals surface area contributed by atoms with E-state index < -0.39 is 11.6 Å². The fourth-order valence-electron chi connectivity index (χ4n) is 2.29. The van der Waals surface area contributed by atoms with Gasteiger partial charge >= 0.3 is 6.03 Å². The van der Waals surface area contributed by atoms with Crippen LogP contribution in [0.15, 0.2) is 0 Å². The van der Waals surface area contributed by atoms with Crippen LogP contribution in [0.2, 0.25) is 0 Å². The minimum atomic E-state index is -0.732. The van der Waals surface area contributed by atoms with Gasteiger partial charge in [0.25, 0.3) is 5.91 Å². The predicted molar refractivity (Wildman–Crippen MR) is 55.8 cm³/mol. The summed E-state index contributed by atoms with van der Waals surface area (Å²) in [5, 5.41) is 4.94. The molecule has 0 aromatic rings. The monoisotopic (exact) mass is 225 g/mol. The number of Topliss-reactive ketones (excluding diaryl/α,β-unsaturated/α-hetero) is 1. The van der Waals surface area contributed by atoms with E-state index in [4.69, 9.17) is 0 Å². The molecule has 0 aliphatic carbocycles. The standard InChI is InChI=1S/C10H15N3O3/c1-7(14)6-13-4-2-10(3-5-13)8(15)11-9(16)12-10/h2-6H2,1H3,(H2,11,12,15,16). The number of hydrogen-bond acceptors (Lipinski definition) is 4. The van der Waals surface area contributed by atoms with Crippen LogP contribution in [0, 0.1) is 0 Å². The Hall–Kier alpha value is -1.43. The van der Waals surface area contributed by atoms with Crippen molar-refractivity contribution >= 4 is 17.7 Å². The predicted octanol–water partition coefficient (Wildman–Crippen LogP) is -0.751. The Kier molecular flexibility index (Phi) is 2.67. The zero-order valence-corrected chi connectivity index (χ0v) is 9.21. The summed E-state index contributed by atoms with van der Waals surface area (Å²) in [7, 11) is 0. The lowest BCUT2D eigenvalue weighted by atomic mass is 9.87. The quantitative estimate of drug-likeness (QED) is 0.606.